The Morgan fingerprint density at radius 2 is 1.95 bits per heavy atom. The third kappa shape index (κ3) is 8.38. The Bertz CT molecular complexity index is 254. The Hall–Kier alpha value is -0.810. The van der Waals surface area contributed by atoms with Crippen molar-refractivity contribution < 1.29 is 9.47 Å². The van der Waals surface area contributed by atoms with Crippen molar-refractivity contribution in [2.45, 2.75) is 51.5 Å². The quantitative estimate of drug-likeness (QED) is 0.386. The number of hydrogen-bond acceptors (Lipinski definition) is 3. The summed E-state index contributed by atoms with van der Waals surface area (Å²) < 4.78 is 10.4. The highest BCUT2D eigenvalue weighted by atomic mass is 16.5. The largest absolute Gasteiger partial charge is 0.382 e. The van der Waals surface area contributed by atoms with E-state index in [-0.39, 0.29) is 0 Å². The van der Waals surface area contributed by atoms with Crippen molar-refractivity contribution in [1.82, 2.24) is 10.6 Å². The lowest BCUT2D eigenvalue weighted by molar-refractivity contribution is 0.0702. The molecule has 0 radical (unpaired) electrons. The van der Waals surface area contributed by atoms with Gasteiger partial charge in [-0.3, -0.25) is 4.99 Å². The molecule has 1 aliphatic rings. The van der Waals surface area contributed by atoms with Gasteiger partial charge in [-0.25, -0.2) is 0 Å². The number of aliphatic imine (C=N–C) groups is 1. The SMILES string of the molecule is CCNC(=NCCCOCCOC)NC1CCCCC1. The van der Waals surface area contributed by atoms with Crippen LogP contribution in [-0.4, -0.2) is 52.0 Å². The van der Waals surface area contributed by atoms with Gasteiger partial charge in [-0.15, -0.1) is 0 Å². The van der Waals surface area contributed by atoms with Crippen LogP contribution in [0.3, 0.4) is 0 Å². The molecule has 5 nitrogen and oxygen atoms in total. The summed E-state index contributed by atoms with van der Waals surface area (Å²) in [6.07, 6.45) is 7.54. The molecule has 0 atom stereocenters. The van der Waals surface area contributed by atoms with Crippen LogP contribution < -0.4 is 10.6 Å². The topological polar surface area (TPSA) is 54.9 Å². The highest BCUT2D eigenvalue weighted by molar-refractivity contribution is 5.80. The maximum absolute atomic E-state index is 5.43. The molecule has 20 heavy (non-hydrogen) atoms. The highest BCUT2D eigenvalue weighted by Gasteiger charge is 2.14. The lowest BCUT2D eigenvalue weighted by atomic mass is 9.96. The summed E-state index contributed by atoms with van der Waals surface area (Å²) in [6.45, 7) is 5.88. The normalized spacial score (nSPS) is 17.2. The summed E-state index contributed by atoms with van der Waals surface area (Å²) in [5.41, 5.74) is 0. The molecule has 0 heterocycles. The predicted octanol–water partition coefficient (Wildman–Crippen LogP) is 1.93. The fourth-order valence-corrected chi connectivity index (χ4v) is 2.36. The summed E-state index contributed by atoms with van der Waals surface area (Å²) in [4.78, 5) is 4.61. The molecule has 1 fully saturated rings. The minimum absolute atomic E-state index is 0.597. The Kier molecular flexibility index (Phi) is 10.3. The van der Waals surface area contributed by atoms with Gasteiger partial charge in [0.1, 0.15) is 0 Å². The Morgan fingerprint density at radius 1 is 1.15 bits per heavy atom. The van der Waals surface area contributed by atoms with E-state index in [2.05, 4.69) is 22.5 Å². The van der Waals surface area contributed by atoms with Gasteiger partial charge in [0.2, 0.25) is 0 Å². The first-order chi connectivity index (χ1) is 9.86. The smallest absolute Gasteiger partial charge is 0.191 e. The van der Waals surface area contributed by atoms with E-state index in [4.69, 9.17) is 9.47 Å². The van der Waals surface area contributed by atoms with Crippen LogP contribution in [0.1, 0.15) is 45.4 Å². The van der Waals surface area contributed by atoms with Crippen molar-refractivity contribution in [1.29, 1.82) is 0 Å². The van der Waals surface area contributed by atoms with Crippen LogP contribution in [0, 0.1) is 0 Å². The maximum atomic E-state index is 5.43. The molecule has 2 N–H and O–H groups in total. The second kappa shape index (κ2) is 12.0. The van der Waals surface area contributed by atoms with Crippen molar-refractivity contribution >= 4 is 5.96 Å². The van der Waals surface area contributed by atoms with Crippen LogP contribution in [-0.2, 0) is 9.47 Å². The monoisotopic (exact) mass is 285 g/mol. The zero-order chi connectivity index (χ0) is 14.5. The fourth-order valence-electron chi connectivity index (χ4n) is 2.36. The van der Waals surface area contributed by atoms with E-state index in [0.29, 0.717) is 19.3 Å². The molecule has 1 saturated carbocycles. The van der Waals surface area contributed by atoms with Crippen molar-refractivity contribution in [2.24, 2.45) is 4.99 Å². The number of nitrogens with one attached hydrogen (secondary N) is 2. The van der Waals surface area contributed by atoms with E-state index in [9.17, 15) is 0 Å². The number of hydrogen-bond donors (Lipinski definition) is 2. The van der Waals surface area contributed by atoms with Gasteiger partial charge in [-0.1, -0.05) is 19.3 Å². The highest BCUT2D eigenvalue weighted by Crippen LogP contribution is 2.17. The molecule has 0 unspecified atom stereocenters. The lowest BCUT2D eigenvalue weighted by Crippen LogP contribution is -2.44. The zero-order valence-corrected chi connectivity index (χ0v) is 13.1. The molecule has 1 aliphatic carbocycles. The third-order valence-corrected chi connectivity index (χ3v) is 3.44. The van der Waals surface area contributed by atoms with Gasteiger partial charge in [-0.2, -0.15) is 0 Å². The fraction of sp³-hybridized carbons (Fsp3) is 0.933. The van der Waals surface area contributed by atoms with Crippen molar-refractivity contribution in [3.63, 3.8) is 0 Å². The number of methoxy groups -OCH3 is 1. The molecule has 0 spiro atoms. The Labute approximate surface area is 123 Å². The van der Waals surface area contributed by atoms with Crippen LogP contribution in [0.15, 0.2) is 4.99 Å². The molecule has 0 amide bonds. The molecule has 0 aliphatic heterocycles. The third-order valence-electron chi connectivity index (χ3n) is 3.44. The maximum Gasteiger partial charge on any atom is 0.191 e. The van der Waals surface area contributed by atoms with Crippen LogP contribution >= 0.6 is 0 Å². The summed E-state index contributed by atoms with van der Waals surface area (Å²) in [7, 11) is 1.69. The van der Waals surface area contributed by atoms with Gasteiger partial charge in [0, 0.05) is 32.8 Å². The number of ether oxygens (including phenoxy) is 2. The Balaban J connectivity index is 2.16. The predicted molar refractivity (Wildman–Crippen MR) is 83.3 cm³/mol. The van der Waals surface area contributed by atoms with E-state index >= 15 is 0 Å². The van der Waals surface area contributed by atoms with Gasteiger partial charge in [0.05, 0.1) is 13.2 Å². The second-order valence-electron chi connectivity index (χ2n) is 5.20. The molecule has 0 bridgehead atoms. The van der Waals surface area contributed by atoms with Gasteiger partial charge in [0.25, 0.3) is 0 Å². The van der Waals surface area contributed by atoms with Crippen LogP contribution in [0.4, 0.5) is 0 Å². The number of nitrogens with zero attached hydrogens (tertiary/aromatic N) is 1. The first kappa shape index (κ1) is 17.2. The molecule has 0 aromatic rings. The summed E-state index contributed by atoms with van der Waals surface area (Å²) >= 11 is 0. The first-order valence-electron chi connectivity index (χ1n) is 7.98. The van der Waals surface area contributed by atoms with Gasteiger partial charge in [0.15, 0.2) is 5.96 Å². The number of rotatable bonds is 9. The zero-order valence-electron chi connectivity index (χ0n) is 13.1. The molecule has 5 heteroatoms. The van der Waals surface area contributed by atoms with Gasteiger partial charge in [-0.05, 0) is 26.2 Å². The van der Waals surface area contributed by atoms with Gasteiger partial charge < -0.3 is 20.1 Å². The summed E-state index contributed by atoms with van der Waals surface area (Å²) in [5, 5.41) is 6.87. The van der Waals surface area contributed by atoms with E-state index in [1.165, 1.54) is 32.1 Å². The second-order valence-corrected chi connectivity index (χ2v) is 5.20. The first-order valence-corrected chi connectivity index (χ1v) is 7.98. The summed E-state index contributed by atoms with van der Waals surface area (Å²) in [5.74, 6) is 0.955. The average Bonchev–Trinajstić information content (AvgIpc) is 2.47. The van der Waals surface area contributed by atoms with Crippen molar-refractivity contribution in [3.8, 4) is 0 Å². The van der Waals surface area contributed by atoms with E-state index < -0.39 is 0 Å². The molecule has 0 aromatic heterocycles. The molecule has 1 rings (SSSR count). The lowest BCUT2D eigenvalue weighted by Gasteiger charge is -2.24. The molecular weight excluding hydrogens is 254 g/mol. The minimum Gasteiger partial charge on any atom is -0.382 e. The van der Waals surface area contributed by atoms with Crippen LogP contribution in [0.2, 0.25) is 0 Å². The molecule has 118 valence electrons. The van der Waals surface area contributed by atoms with Crippen LogP contribution in [0.25, 0.3) is 0 Å². The van der Waals surface area contributed by atoms with Crippen molar-refractivity contribution in [3.05, 3.63) is 0 Å². The molecule has 0 saturated heterocycles. The number of guanidine groups is 1. The van der Waals surface area contributed by atoms with Gasteiger partial charge >= 0.3 is 0 Å². The molecular formula is C15H31N3O2. The summed E-state index contributed by atoms with van der Waals surface area (Å²) in [6, 6.07) is 0.597. The van der Waals surface area contributed by atoms with E-state index in [1.807, 2.05) is 0 Å². The standard InChI is InChI=1S/C15H31N3O2/c1-3-16-15(18-14-8-5-4-6-9-14)17-10-7-11-20-13-12-19-2/h14H,3-13H2,1-2H3,(H2,16,17,18). The van der Waals surface area contributed by atoms with Crippen LogP contribution in [0.5, 0.6) is 0 Å². The molecule has 0 aromatic carbocycles. The van der Waals surface area contributed by atoms with E-state index in [1.54, 1.807) is 7.11 Å². The average molecular weight is 285 g/mol. The Morgan fingerprint density at radius 3 is 2.65 bits per heavy atom. The minimum atomic E-state index is 0.597. The van der Waals surface area contributed by atoms with Crippen molar-refractivity contribution in [2.75, 3.05) is 40.0 Å². The van der Waals surface area contributed by atoms with E-state index in [0.717, 1.165) is 32.1 Å².